The summed E-state index contributed by atoms with van der Waals surface area (Å²) in [6.07, 6.45) is 4.95. The molecule has 0 amide bonds. The van der Waals surface area contributed by atoms with Crippen LogP contribution in [-0.2, 0) is 0 Å². The lowest BCUT2D eigenvalue weighted by Gasteiger charge is -2.49. The van der Waals surface area contributed by atoms with Crippen LogP contribution in [0.4, 0.5) is 0 Å². The van der Waals surface area contributed by atoms with Crippen molar-refractivity contribution in [2.75, 3.05) is 14.1 Å². The number of rotatable bonds is 4. The molecular formula is C18H31N3. The maximum Gasteiger partial charge on any atom is 0.0643 e. The predicted molar refractivity (Wildman–Crippen MR) is 90.0 cm³/mol. The molecule has 0 heterocycles. The van der Waals surface area contributed by atoms with Crippen LogP contribution in [0.1, 0.15) is 55.3 Å². The van der Waals surface area contributed by atoms with Crippen LogP contribution < -0.4 is 11.3 Å². The monoisotopic (exact) mass is 289 g/mol. The Morgan fingerprint density at radius 1 is 1.14 bits per heavy atom. The second kappa shape index (κ2) is 6.47. The second-order valence-electron chi connectivity index (χ2n) is 7.20. The van der Waals surface area contributed by atoms with Gasteiger partial charge in [0.25, 0.3) is 0 Å². The highest BCUT2D eigenvalue weighted by molar-refractivity contribution is 5.33. The van der Waals surface area contributed by atoms with Gasteiger partial charge in [0.2, 0.25) is 0 Å². The molecule has 0 spiro atoms. The smallest absolute Gasteiger partial charge is 0.0643 e. The van der Waals surface area contributed by atoms with Gasteiger partial charge >= 0.3 is 0 Å². The molecule has 0 bridgehead atoms. The van der Waals surface area contributed by atoms with Crippen LogP contribution in [0.2, 0.25) is 0 Å². The minimum atomic E-state index is 0.113. The Morgan fingerprint density at radius 2 is 1.67 bits per heavy atom. The topological polar surface area (TPSA) is 41.3 Å². The summed E-state index contributed by atoms with van der Waals surface area (Å²) in [4.78, 5) is 2.39. The van der Waals surface area contributed by atoms with Crippen LogP contribution >= 0.6 is 0 Å². The first-order chi connectivity index (χ1) is 9.89. The molecule has 1 aliphatic rings. The molecule has 0 aromatic heterocycles. The van der Waals surface area contributed by atoms with Crippen LogP contribution in [0.25, 0.3) is 0 Å². The van der Waals surface area contributed by atoms with E-state index in [1.54, 1.807) is 0 Å². The van der Waals surface area contributed by atoms with E-state index in [0.29, 0.717) is 0 Å². The molecule has 0 radical (unpaired) electrons. The Labute approximate surface area is 129 Å². The van der Waals surface area contributed by atoms with Crippen LogP contribution in [0.3, 0.4) is 0 Å². The Kier molecular flexibility index (Phi) is 5.07. The van der Waals surface area contributed by atoms with Crippen LogP contribution in [0.15, 0.2) is 18.2 Å². The molecule has 21 heavy (non-hydrogen) atoms. The molecule has 1 atom stereocenters. The third-order valence-corrected chi connectivity index (χ3v) is 5.31. The van der Waals surface area contributed by atoms with Gasteiger partial charge in [-0.2, -0.15) is 0 Å². The van der Waals surface area contributed by atoms with Gasteiger partial charge in [-0.3, -0.25) is 11.3 Å². The van der Waals surface area contributed by atoms with Crippen LogP contribution in [0, 0.1) is 19.8 Å². The summed E-state index contributed by atoms with van der Waals surface area (Å²) < 4.78 is 0. The zero-order valence-corrected chi connectivity index (χ0v) is 14.2. The summed E-state index contributed by atoms with van der Waals surface area (Å²) in [5.74, 6) is 6.85. The lowest BCUT2D eigenvalue weighted by molar-refractivity contribution is 0.0428. The quantitative estimate of drug-likeness (QED) is 0.660. The van der Waals surface area contributed by atoms with Crippen molar-refractivity contribution in [3.05, 3.63) is 34.9 Å². The molecule has 3 nitrogen and oxygen atoms in total. The van der Waals surface area contributed by atoms with Crippen molar-refractivity contribution in [3.63, 3.8) is 0 Å². The summed E-state index contributed by atoms with van der Waals surface area (Å²) in [7, 11) is 4.39. The number of hydrazine groups is 1. The van der Waals surface area contributed by atoms with Gasteiger partial charge in [-0.1, -0.05) is 36.2 Å². The molecule has 1 fully saturated rings. The van der Waals surface area contributed by atoms with Crippen molar-refractivity contribution in [1.82, 2.24) is 10.3 Å². The van der Waals surface area contributed by atoms with Crippen molar-refractivity contribution in [3.8, 4) is 0 Å². The molecule has 0 aliphatic heterocycles. The molecule has 1 saturated carbocycles. The molecule has 1 aromatic carbocycles. The summed E-state index contributed by atoms with van der Waals surface area (Å²) >= 11 is 0. The van der Waals surface area contributed by atoms with Crippen LogP contribution in [-0.4, -0.2) is 24.5 Å². The number of hydrogen-bond donors (Lipinski definition) is 2. The fraction of sp³-hybridized carbons (Fsp3) is 0.667. The van der Waals surface area contributed by atoms with Gasteiger partial charge in [0, 0.05) is 5.54 Å². The SMILES string of the molecule is Cc1cc(C)cc(C(NN)C2(N(C)C)CCC(C)CC2)c1. The average molecular weight is 289 g/mol. The third-order valence-electron chi connectivity index (χ3n) is 5.31. The van der Waals surface area contributed by atoms with Gasteiger partial charge in [0.1, 0.15) is 0 Å². The molecule has 3 N–H and O–H groups in total. The normalized spacial score (nSPS) is 27.9. The van der Waals surface area contributed by atoms with Crippen molar-refractivity contribution in [2.24, 2.45) is 11.8 Å². The minimum absolute atomic E-state index is 0.113. The highest BCUT2D eigenvalue weighted by atomic mass is 15.3. The zero-order valence-electron chi connectivity index (χ0n) is 14.2. The van der Waals surface area contributed by atoms with Crippen molar-refractivity contribution in [1.29, 1.82) is 0 Å². The first-order valence-corrected chi connectivity index (χ1v) is 8.11. The predicted octanol–water partition coefficient (Wildman–Crippen LogP) is 3.32. The number of benzene rings is 1. The molecular weight excluding hydrogens is 258 g/mol. The standard InChI is InChI=1S/C18H31N3/c1-13-6-8-18(9-7-13,21(4)5)17(20-19)16-11-14(2)10-15(3)12-16/h10-13,17,20H,6-9,19H2,1-5H3. The lowest BCUT2D eigenvalue weighted by atomic mass is 9.70. The maximum atomic E-state index is 6.02. The highest BCUT2D eigenvalue weighted by Gasteiger charge is 2.43. The number of hydrogen-bond acceptors (Lipinski definition) is 3. The van der Waals surface area contributed by atoms with E-state index in [-0.39, 0.29) is 11.6 Å². The van der Waals surface area contributed by atoms with E-state index in [1.165, 1.54) is 42.4 Å². The second-order valence-corrected chi connectivity index (χ2v) is 7.20. The third kappa shape index (κ3) is 3.31. The Hall–Kier alpha value is -0.900. The number of nitrogens with zero attached hydrogens (tertiary/aromatic N) is 1. The number of nitrogens with one attached hydrogen (secondary N) is 1. The van der Waals surface area contributed by atoms with Gasteiger partial charge in [0.15, 0.2) is 0 Å². The fourth-order valence-corrected chi connectivity index (χ4v) is 3.99. The maximum absolute atomic E-state index is 6.02. The van der Waals surface area contributed by atoms with E-state index in [4.69, 9.17) is 5.84 Å². The molecule has 3 heteroatoms. The van der Waals surface area contributed by atoms with Crippen molar-refractivity contribution in [2.45, 2.75) is 58.0 Å². The van der Waals surface area contributed by atoms with E-state index >= 15 is 0 Å². The van der Waals surface area contributed by atoms with E-state index in [1.807, 2.05) is 0 Å². The largest absolute Gasteiger partial charge is 0.302 e. The zero-order chi connectivity index (χ0) is 15.6. The van der Waals surface area contributed by atoms with Gasteiger partial charge < -0.3 is 4.90 Å². The average Bonchev–Trinajstić information content (AvgIpc) is 2.40. The number of aryl methyl sites for hydroxylation is 2. The molecule has 118 valence electrons. The molecule has 1 aliphatic carbocycles. The lowest BCUT2D eigenvalue weighted by Crippen LogP contribution is -2.56. The number of likely N-dealkylation sites (N-methyl/N-ethyl adjacent to an activating group) is 1. The van der Waals surface area contributed by atoms with Crippen molar-refractivity contribution < 1.29 is 0 Å². The summed E-state index contributed by atoms with van der Waals surface area (Å²) in [6, 6.07) is 6.96. The Morgan fingerprint density at radius 3 is 2.10 bits per heavy atom. The van der Waals surface area contributed by atoms with Gasteiger partial charge in [-0.05, 0) is 65.1 Å². The highest BCUT2D eigenvalue weighted by Crippen LogP contribution is 2.43. The Bertz CT molecular complexity index is 453. The summed E-state index contributed by atoms with van der Waals surface area (Å²) in [6.45, 7) is 6.69. The van der Waals surface area contributed by atoms with Gasteiger partial charge in [-0.25, -0.2) is 0 Å². The fourth-order valence-electron chi connectivity index (χ4n) is 3.99. The Balaban J connectivity index is 2.40. The van der Waals surface area contributed by atoms with Gasteiger partial charge in [-0.15, -0.1) is 0 Å². The summed E-state index contributed by atoms with van der Waals surface area (Å²) in [5.41, 5.74) is 7.19. The first-order valence-electron chi connectivity index (χ1n) is 8.11. The molecule has 0 saturated heterocycles. The van der Waals surface area contributed by atoms with E-state index in [0.717, 1.165) is 5.92 Å². The summed E-state index contributed by atoms with van der Waals surface area (Å²) in [5, 5.41) is 0. The molecule has 2 rings (SSSR count). The van der Waals surface area contributed by atoms with E-state index in [2.05, 4.69) is 63.4 Å². The van der Waals surface area contributed by atoms with E-state index < -0.39 is 0 Å². The number of nitrogens with two attached hydrogens (primary N) is 1. The van der Waals surface area contributed by atoms with E-state index in [9.17, 15) is 0 Å². The first kappa shape index (κ1) is 16.5. The minimum Gasteiger partial charge on any atom is -0.302 e. The molecule has 1 unspecified atom stereocenters. The van der Waals surface area contributed by atoms with Gasteiger partial charge in [0.05, 0.1) is 6.04 Å². The molecule has 1 aromatic rings. The van der Waals surface area contributed by atoms with Crippen LogP contribution in [0.5, 0.6) is 0 Å². The van der Waals surface area contributed by atoms with Crippen molar-refractivity contribution >= 4 is 0 Å².